The van der Waals surface area contributed by atoms with Crippen LogP contribution in [0.5, 0.6) is 0 Å². The number of amides is 2. The summed E-state index contributed by atoms with van der Waals surface area (Å²) in [5.41, 5.74) is 0.799. The summed E-state index contributed by atoms with van der Waals surface area (Å²) in [7, 11) is 0. The van der Waals surface area contributed by atoms with Crippen LogP contribution in [0.4, 0.5) is 5.69 Å². The third-order valence-electron chi connectivity index (χ3n) is 5.21. The number of aromatic nitrogens is 2. The fourth-order valence-corrected chi connectivity index (χ4v) is 3.70. The topological polar surface area (TPSA) is 75.6 Å². The maximum Gasteiger partial charge on any atom is 0.257 e. The smallest absolute Gasteiger partial charge is 0.257 e. The number of hydrogen-bond donors (Lipinski definition) is 0. The van der Waals surface area contributed by atoms with Gasteiger partial charge in [0.25, 0.3) is 11.8 Å². The highest BCUT2D eigenvalue weighted by Gasteiger charge is 2.50. The molecular weight excluding hydrogens is 332 g/mol. The molecule has 3 heterocycles. The van der Waals surface area contributed by atoms with E-state index in [1.807, 2.05) is 37.3 Å². The molecule has 1 aromatic carbocycles. The first-order chi connectivity index (χ1) is 12.6. The zero-order valence-electron chi connectivity index (χ0n) is 14.5. The van der Waals surface area contributed by atoms with Crippen LogP contribution in [0.1, 0.15) is 23.7 Å². The van der Waals surface area contributed by atoms with Crippen molar-refractivity contribution in [1.29, 1.82) is 0 Å². The van der Waals surface area contributed by atoms with E-state index in [0.717, 1.165) is 5.69 Å². The fourth-order valence-electron chi connectivity index (χ4n) is 3.70. The van der Waals surface area contributed by atoms with Crippen LogP contribution in [-0.2, 0) is 9.53 Å². The number of para-hydroxylation sites is 1. The number of morpholine rings is 1. The minimum Gasteiger partial charge on any atom is -0.363 e. The summed E-state index contributed by atoms with van der Waals surface area (Å²) in [5, 5.41) is 0. The van der Waals surface area contributed by atoms with Gasteiger partial charge in [0.1, 0.15) is 12.9 Å². The largest absolute Gasteiger partial charge is 0.363 e. The molecule has 134 valence electrons. The number of anilines is 1. The van der Waals surface area contributed by atoms with Gasteiger partial charge in [-0.3, -0.25) is 9.59 Å². The Hall–Kier alpha value is -2.80. The number of benzene rings is 1. The Morgan fingerprint density at radius 2 is 1.96 bits per heavy atom. The van der Waals surface area contributed by atoms with Crippen LogP contribution < -0.4 is 4.90 Å². The number of carbonyl (C=O) groups is 2. The summed E-state index contributed by atoms with van der Waals surface area (Å²) >= 11 is 0. The first kappa shape index (κ1) is 16.7. The third-order valence-corrected chi connectivity index (χ3v) is 5.21. The van der Waals surface area contributed by atoms with Crippen molar-refractivity contribution in [3.63, 3.8) is 0 Å². The molecular formula is C19H20N4O3. The molecule has 2 saturated heterocycles. The van der Waals surface area contributed by atoms with E-state index in [1.54, 1.807) is 9.80 Å². The van der Waals surface area contributed by atoms with Crippen LogP contribution in [0.3, 0.4) is 0 Å². The molecule has 2 aliphatic heterocycles. The van der Waals surface area contributed by atoms with Crippen molar-refractivity contribution >= 4 is 17.5 Å². The molecule has 2 amide bonds. The van der Waals surface area contributed by atoms with E-state index in [9.17, 15) is 9.59 Å². The molecule has 0 bridgehead atoms. The van der Waals surface area contributed by atoms with Gasteiger partial charge >= 0.3 is 0 Å². The van der Waals surface area contributed by atoms with Crippen molar-refractivity contribution in [2.75, 3.05) is 24.6 Å². The number of likely N-dealkylation sites (tertiary alicyclic amines) is 1. The minimum atomic E-state index is -0.478. The van der Waals surface area contributed by atoms with Crippen molar-refractivity contribution in [1.82, 2.24) is 14.9 Å². The molecule has 1 aromatic heterocycles. The molecule has 4 rings (SSSR count). The molecule has 2 aromatic rings. The second kappa shape index (κ2) is 6.49. The maximum absolute atomic E-state index is 12.8. The maximum atomic E-state index is 12.8. The molecule has 26 heavy (non-hydrogen) atoms. The van der Waals surface area contributed by atoms with Gasteiger partial charge in [0.2, 0.25) is 0 Å². The van der Waals surface area contributed by atoms with Crippen molar-refractivity contribution in [2.24, 2.45) is 0 Å². The number of fused-ring (bicyclic) bond motifs is 1. The summed E-state index contributed by atoms with van der Waals surface area (Å²) in [6.45, 7) is 3.05. The van der Waals surface area contributed by atoms with Crippen molar-refractivity contribution in [3.05, 3.63) is 54.6 Å². The molecule has 0 saturated carbocycles. The molecule has 0 unspecified atom stereocenters. The Morgan fingerprint density at radius 1 is 1.23 bits per heavy atom. The number of hydrogen-bond acceptors (Lipinski definition) is 5. The first-order valence-electron chi connectivity index (χ1n) is 8.64. The van der Waals surface area contributed by atoms with Crippen LogP contribution in [-0.4, -0.2) is 58.0 Å². The molecule has 2 aliphatic rings. The lowest BCUT2D eigenvalue weighted by Gasteiger charge is -2.52. The van der Waals surface area contributed by atoms with E-state index >= 15 is 0 Å². The van der Waals surface area contributed by atoms with Gasteiger partial charge in [0.05, 0.1) is 17.2 Å². The lowest BCUT2D eigenvalue weighted by Crippen LogP contribution is -2.68. The quantitative estimate of drug-likeness (QED) is 0.819. The lowest BCUT2D eigenvalue weighted by molar-refractivity contribution is -0.149. The van der Waals surface area contributed by atoms with E-state index in [0.29, 0.717) is 25.1 Å². The zero-order valence-corrected chi connectivity index (χ0v) is 14.5. The molecule has 2 fully saturated rings. The van der Waals surface area contributed by atoms with Crippen LogP contribution in [0.15, 0.2) is 49.1 Å². The van der Waals surface area contributed by atoms with Gasteiger partial charge in [-0.15, -0.1) is 0 Å². The van der Waals surface area contributed by atoms with Gasteiger partial charge in [-0.2, -0.15) is 0 Å². The van der Waals surface area contributed by atoms with Gasteiger partial charge in [0, 0.05) is 31.2 Å². The Bertz CT molecular complexity index is 814. The summed E-state index contributed by atoms with van der Waals surface area (Å²) in [6.07, 6.45) is 5.09. The number of piperidine rings is 1. The van der Waals surface area contributed by atoms with Crippen molar-refractivity contribution in [3.8, 4) is 0 Å². The predicted molar refractivity (Wildman–Crippen MR) is 94.6 cm³/mol. The summed E-state index contributed by atoms with van der Waals surface area (Å²) in [6, 6.07) is 9.31. The fraction of sp³-hybridized carbons (Fsp3) is 0.368. The second-order valence-corrected chi connectivity index (χ2v) is 6.84. The van der Waals surface area contributed by atoms with Crippen molar-refractivity contribution in [2.45, 2.75) is 25.0 Å². The molecule has 0 N–H and O–H groups in total. The summed E-state index contributed by atoms with van der Waals surface area (Å²) < 4.78 is 5.91. The molecule has 7 heteroatoms. The predicted octanol–water partition coefficient (Wildman–Crippen LogP) is 1.51. The van der Waals surface area contributed by atoms with Crippen LogP contribution in [0, 0.1) is 0 Å². The number of rotatable bonds is 2. The number of ether oxygens (including phenoxy) is 1. The molecule has 2 atom stereocenters. The Labute approximate surface area is 151 Å². The van der Waals surface area contributed by atoms with Crippen LogP contribution in [0.2, 0.25) is 0 Å². The molecule has 0 spiro atoms. The van der Waals surface area contributed by atoms with Crippen LogP contribution in [0.25, 0.3) is 0 Å². The lowest BCUT2D eigenvalue weighted by atomic mass is 9.85. The van der Waals surface area contributed by atoms with Crippen LogP contribution >= 0.6 is 0 Å². The molecule has 0 radical (unpaired) electrons. The Balaban J connectivity index is 1.64. The normalized spacial score (nSPS) is 25.7. The highest BCUT2D eigenvalue weighted by atomic mass is 16.5. The van der Waals surface area contributed by atoms with E-state index in [2.05, 4.69) is 9.97 Å². The SMILES string of the molecule is C[C@@]12CCN(C(=O)c3cncnc3)C[C@H]1N(c1ccccc1)C(=O)CO2. The molecule has 0 aliphatic carbocycles. The zero-order chi connectivity index (χ0) is 18.1. The summed E-state index contributed by atoms with van der Waals surface area (Å²) in [4.78, 5) is 36.8. The van der Waals surface area contributed by atoms with Gasteiger partial charge in [-0.25, -0.2) is 9.97 Å². The average Bonchev–Trinajstić information content (AvgIpc) is 2.69. The third kappa shape index (κ3) is 2.84. The van der Waals surface area contributed by atoms with Gasteiger partial charge in [0.15, 0.2) is 0 Å². The van der Waals surface area contributed by atoms with Gasteiger partial charge in [-0.1, -0.05) is 18.2 Å². The van der Waals surface area contributed by atoms with Crippen molar-refractivity contribution < 1.29 is 14.3 Å². The standard InChI is InChI=1S/C19H20N4O3/c1-19-7-8-22(18(25)14-9-20-13-21-10-14)11-16(19)23(17(24)12-26-19)15-5-3-2-4-6-15/h2-6,9-10,13,16H,7-8,11-12H2,1H3/t16-,19-/m1/s1. The Morgan fingerprint density at radius 3 is 2.69 bits per heavy atom. The van der Waals surface area contributed by atoms with E-state index in [1.165, 1.54) is 18.7 Å². The Kier molecular flexibility index (Phi) is 4.16. The summed E-state index contributed by atoms with van der Waals surface area (Å²) in [5.74, 6) is -0.213. The molecule has 7 nitrogen and oxygen atoms in total. The highest BCUT2D eigenvalue weighted by Crippen LogP contribution is 2.36. The van der Waals surface area contributed by atoms with Gasteiger partial charge in [-0.05, 0) is 25.5 Å². The monoisotopic (exact) mass is 352 g/mol. The van der Waals surface area contributed by atoms with Gasteiger partial charge < -0.3 is 14.5 Å². The average molecular weight is 352 g/mol. The van der Waals surface area contributed by atoms with E-state index in [4.69, 9.17) is 4.74 Å². The highest BCUT2D eigenvalue weighted by molar-refractivity contribution is 5.97. The number of carbonyl (C=O) groups excluding carboxylic acids is 2. The minimum absolute atomic E-state index is 0.0579. The number of nitrogens with zero attached hydrogens (tertiary/aromatic N) is 4. The first-order valence-corrected chi connectivity index (χ1v) is 8.64. The van der Waals surface area contributed by atoms with E-state index in [-0.39, 0.29) is 24.5 Å². The van der Waals surface area contributed by atoms with E-state index < -0.39 is 5.60 Å². The second-order valence-electron chi connectivity index (χ2n) is 6.84.